The second-order valence-corrected chi connectivity index (χ2v) is 3.51. The number of anilines is 1. The highest BCUT2D eigenvalue weighted by molar-refractivity contribution is 14.1. The molecule has 0 aliphatic carbocycles. The van der Waals surface area contributed by atoms with E-state index in [1.54, 1.807) is 22.6 Å². The fraction of sp³-hybridized carbons (Fsp3) is 0.143. The van der Waals surface area contributed by atoms with Crippen LogP contribution in [0.1, 0.15) is 5.56 Å². The van der Waals surface area contributed by atoms with Crippen LogP contribution in [0.4, 0.5) is 23.2 Å². The summed E-state index contributed by atoms with van der Waals surface area (Å²) in [7, 11) is 0. The van der Waals surface area contributed by atoms with Crippen LogP contribution in [0.2, 0.25) is 0 Å². The van der Waals surface area contributed by atoms with Crippen molar-refractivity contribution in [3.8, 4) is 0 Å². The first-order chi connectivity index (χ1) is 5.82. The Hall–Kier alpha value is -0.530. The maximum absolute atomic E-state index is 12.7. The van der Waals surface area contributed by atoms with Crippen molar-refractivity contribution in [2.24, 2.45) is 0 Å². The lowest BCUT2D eigenvalue weighted by Crippen LogP contribution is -2.07. The van der Waals surface area contributed by atoms with E-state index >= 15 is 0 Å². The summed E-state index contributed by atoms with van der Waals surface area (Å²) >= 11 is 1.55. The van der Waals surface area contributed by atoms with Gasteiger partial charge in [0.2, 0.25) is 0 Å². The smallest absolute Gasteiger partial charge is 0.395 e. The molecule has 0 bridgehead atoms. The van der Waals surface area contributed by atoms with Crippen LogP contribution >= 0.6 is 22.6 Å². The van der Waals surface area contributed by atoms with E-state index in [1.165, 1.54) is 0 Å². The summed E-state index contributed by atoms with van der Waals surface area (Å²) in [6.45, 7) is 0. The van der Waals surface area contributed by atoms with Crippen molar-refractivity contribution < 1.29 is 17.6 Å². The van der Waals surface area contributed by atoms with E-state index in [0.29, 0.717) is 6.07 Å². The van der Waals surface area contributed by atoms with E-state index in [2.05, 4.69) is 0 Å². The molecule has 0 aliphatic rings. The number of nitrogens with two attached hydrogens (primary N) is 1. The van der Waals surface area contributed by atoms with Crippen LogP contribution in [-0.2, 0) is 6.18 Å². The Bertz CT molecular complexity index is 311. The van der Waals surface area contributed by atoms with Gasteiger partial charge in [0.1, 0.15) is 5.82 Å². The fourth-order valence-electron chi connectivity index (χ4n) is 0.748. The van der Waals surface area contributed by atoms with Crippen molar-refractivity contribution in [3.05, 3.63) is 27.1 Å². The van der Waals surface area contributed by atoms with Crippen molar-refractivity contribution in [2.75, 3.05) is 5.73 Å². The molecular weight excluding hydrogens is 301 g/mol. The third-order valence-electron chi connectivity index (χ3n) is 1.41. The Morgan fingerprint density at radius 3 is 2.15 bits per heavy atom. The molecule has 0 saturated heterocycles. The molecule has 2 N–H and O–H groups in total. The zero-order valence-electron chi connectivity index (χ0n) is 6.12. The number of hydrogen-bond acceptors (Lipinski definition) is 1. The van der Waals surface area contributed by atoms with E-state index in [4.69, 9.17) is 5.73 Å². The molecule has 1 aromatic rings. The molecule has 0 aromatic heterocycles. The number of benzene rings is 1. The molecule has 1 nitrogen and oxygen atoms in total. The Morgan fingerprint density at radius 2 is 1.77 bits per heavy atom. The SMILES string of the molecule is Nc1c(F)cc(C(F)(F)F)cc1I. The molecule has 0 saturated carbocycles. The number of rotatable bonds is 0. The normalized spacial score (nSPS) is 11.8. The van der Waals surface area contributed by atoms with Gasteiger partial charge in [0.15, 0.2) is 0 Å². The molecule has 0 spiro atoms. The summed E-state index contributed by atoms with van der Waals surface area (Å²) in [5, 5.41) is 0. The first-order valence-corrected chi connectivity index (χ1v) is 4.22. The maximum atomic E-state index is 12.7. The molecule has 0 atom stereocenters. The van der Waals surface area contributed by atoms with Crippen LogP contribution in [0.15, 0.2) is 12.1 Å². The molecule has 72 valence electrons. The lowest BCUT2D eigenvalue weighted by Gasteiger charge is -2.08. The average Bonchev–Trinajstić information content (AvgIpc) is 1.97. The molecule has 0 unspecified atom stereocenters. The lowest BCUT2D eigenvalue weighted by atomic mass is 10.2. The zero-order chi connectivity index (χ0) is 10.2. The van der Waals surface area contributed by atoms with Crippen LogP contribution in [0.3, 0.4) is 0 Å². The van der Waals surface area contributed by atoms with Gasteiger partial charge < -0.3 is 5.73 Å². The molecule has 1 rings (SSSR count). The Labute approximate surface area is 85.1 Å². The molecule has 0 fully saturated rings. The topological polar surface area (TPSA) is 26.0 Å². The number of hydrogen-bond donors (Lipinski definition) is 1. The van der Waals surface area contributed by atoms with E-state index in [0.717, 1.165) is 6.07 Å². The summed E-state index contributed by atoms with van der Waals surface area (Å²) in [6.07, 6.45) is -4.53. The summed E-state index contributed by atoms with van der Waals surface area (Å²) in [6, 6.07) is 1.19. The van der Waals surface area contributed by atoms with Gasteiger partial charge in [-0.15, -0.1) is 0 Å². The van der Waals surface area contributed by atoms with Gasteiger partial charge >= 0.3 is 6.18 Å². The van der Waals surface area contributed by atoms with Crippen molar-refractivity contribution in [1.82, 2.24) is 0 Å². The van der Waals surface area contributed by atoms with Crippen LogP contribution < -0.4 is 5.73 Å². The average molecular weight is 305 g/mol. The fourth-order valence-corrected chi connectivity index (χ4v) is 1.34. The standard InChI is InChI=1S/C7H4F4IN/c8-4-1-3(7(9,10)11)2-5(12)6(4)13/h1-2H,13H2. The van der Waals surface area contributed by atoms with E-state index in [1.807, 2.05) is 0 Å². The molecule has 0 aliphatic heterocycles. The summed E-state index contributed by atoms with van der Waals surface area (Å²) in [5.74, 6) is -1.04. The summed E-state index contributed by atoms with van der Waals surface area (Å²) in [5.41, 5.74) is 3.86. The third kappa shape index (κ3) is 2.23. The van der Waals surface area contributed by atoms with Gasteiger partial charge in [-0.3, -0.25) is 0 Å². The van der Waals surface area contributed by atoms with Gasteiger partial charge in [-0.25, -0.2) is 4.39 Å². The van der Waals surface area contributed by atoms with Gasteiger partial charge in [-0.1, -0.05) is 0 Å². The molecule has 13 heavy (non-hydrogen) atoms. The van der Waals surface area contributed by atoms with Gasteiger partial charge in [0, 0.05) is 3.57 Å². The molecule has 0 amide bonds. The highest BCUT2D eigenvalue weighted by Gasteiger charge is 2.31. The monoisotopic (exact) mass is 305 g/mol. The van der Waals surface area contributed by atoms with Crippen LogP contribution in [0.25, 0.3) is 0 Å². The van der Waals surface area contributed by atoms with E-state index < -0.39 is 17.6 Å². The molecule has 1 aromatic carbocycles. The summed E-state index contributed by atoms with van der Waals surface area (Å²) < 4.78 is 49.0. The minimum Gasteiger partial charge on any atom is -0.395 e. The third-order valence-corrected chi connectivity index (χ3v) is 2.30. The van der Waals surface area contributed by atoms with Crippen molar-refractivity contribution in [1.29, 1.82) is 0 Å². The summed E-state index contributed by atoms with van der Waals surface area (Å²) in [4.78, 5) is 0. The highest BCUT2D eigenvalue weighted by atomic mass is 127. The van der Waals surface area contributed by atoms with Crippen LogP contribution in [0, 0.1) is 9.39 Å². The Morgan fingerprint density at radius 1 is 1.23 bits per heavy atom. The predicted molar refractivity (Wildman–Crippen MR) is 48.5 cm³/mol. The Kier molecular flexibility index (Phi) is 2.69. The zero-order valence-corrected chi connectivity index (χ0v) is 8.28. The molecule has 0 heterocycles. The molecule has 6 heteroatoms. The van der Waals surface area contributed by atoms with Gasteiger partial charge in [0.25, 0.3) is 0 Å². The quantitative estimate of drug-likeness (QED) is 0.445. The van der Waals surface area contributed by atoms with Gasteiger partial charge in [-0.05, 0) is 34.7 Å². The largest absolute Gasteiger partial charge is 0.416 e. The van der Waals surface area contributed by atoms with Crippen LogP contribution in [-0.4, -0.2) is 0 Å². The maximum Gasteiger partial charge on any atom is 0.416 e. The number of nitrogen functional groups attached to an aromatic ring is 1. The second kappa shape index (κ2) is 3.32. The number of halogens is 5. The van der Waals surface area contributed by atoms with Gasteiger partial charge in [0.05, 0.1) is 11.3 Å². The first-order valence-electron chi connectivity index (χ1n) is 3.14. The van der Waals surface area contributed by atoms with Crippen LogP contribution in [0.5, 0.6) is 0 Å². The van der Waals surface area contributed by atoms with Crippen molar-refractivity contribution in [3.63, 3.8) is 0 Å². The molecule has 0 radical (unpaired) electrons. The predicted octanol–water partition coefficient (Wildman–Crippen LogP) is 3.03. The lowest BCUT2D eigenvalue weighted by molar-refractivity contribution is -0.137. The first kappa shape index (κ1) is 10.6. The number of alkyl halides is 3. The van der Waals surface area contributed by atoms with Crippen molar-refractivity contribution in [2.45, 2.75) is 6.18 Å². The van der Waals surface area contributed by atoms with E-state index in [9.17, 15) is 17.6 Å². The van der Waals surface area contributed by atoms with E-state index in [-0.39, 0.29) is 9.26 Å². The molecular formula is C7H4F4IN. The Balaban J connectivity index is 3.29. The minimum atomic E-state index is -4.53. The second-order valence-electron chi connectivity index (χ2n) is 2.35. The van der Waals surface area contributed by atoms with Gasteiger partial charge in [-0.2, -0.15) is 13.2 Å². The highest BCUT2D eigenvalue weighted by Crippen LogP contribution is 2.32. The van der Waals surface area contributed by atoms with Crippen molar-refractivity contribution >= 4 is 28.3 Å². The minimum absolute atomic E-state index is 0.0601.